The highest BCUT2D eigenvalue weighted by atomic mass is 32.1. The number of anilines is 1. The zero-order valence-electron chi connectivity index (χ0n) is 22.5. The SMILES string of the molecule is CCN(Cc1ccc(CCN2CCCCCC2)s1)c1cc(OC)ccc1[C@@H]1CCc2cc(O)ccc2C1. The van der Waals surface area contributed by atoms with Gasteiger partial charge in [0, 0.05) is 34.6 Å². The van der Waals surface area contributed by atoms with Gasteiger partial charge in [-0.3, -0.25) is 0 Å². The van der Waals surface area contributed by atoms with Crippen LogP contribution in [0.15, 0.2) is 48.5 Å². The number of aryl methyl sites for hydroxylation is 1. The summed E-state index contributed by atoms with van der Waals surface area (Å²) in [6.07, 6.45) is 9.82. The number of benzene rings is 2. The fourth-order valence-corrected chi connectivity index (χ4v) is 7.12. The van der Waals surface area contributed by atoms with Crippen LogP contribution in [0.4, 0.5) is 5.69 Å². The lowest BCUT2D eigenvalue weighted by Crippen LogP contribution is -2.26. The number of fused-ring (bicyclic) bond motifs is 1. The second-order valence-electron chi connectivity index (χ2n) is 10.7. The van der Waals surface area contributed by atoms with Gasteiger partial charge in [-0.2, -0.15) is 0 Å². The molecule has 3 aromatic rings. The average Bonchev–Trinajstić information content (AvgIpc) is 3.21. The van der Waals surface area contributed by atoms with E-state index in [2.05, 4.69) is 53.1 Å². The first-order valence-electron chi connectivity index (χ1n) is 14.2. The summed E-state index contributed by atoms with van der Waals surface area (Å²) in [5.41, 5.74) is 5.38. The number of likely N-dealkylation sites (tertiary alicyclic amines) is 1. The van der Waals surface area contributed by atoms with Crippen molar-refractivity contribution in [3.05, 3.63) is 75.0 Å². The van der Waals surface area contributed by atoms with Crippen molar-refractivity contribution in [2.24, 2.45) is 0 Å². The molecule has 0 spiro atoms. The number of aromatic hydroxyl groups is 1. The quantitative estimate of drug-likeness (QED) is 0.325. The van der Waals surface area contributed by atoms with Gasteiger partial charge in [-0.15, -0.1) is 11.3 Å². The van der Waals surface area contributed by atoms with E-state index < -0.39 is 0 Å². The maximum Gasteiger partial charge on any atom is 0.120 e. The van der Waals surface area contributed by atoms with Crippen LogP contribution in [-0.4, -0.2) is 43.3 Å². The number of thiophene rings is 1. The molecule has 37 heavy (non-hydrogen) atoms. The van der Waals surface area contributed by atoms with Crippen molar-refractivity contribution in [2.45, 2.75) is 70.8 Å². The molecule has 1 aromatic heterocycles. The van der Waals surface area contributed by atoms with Gasteiger partial charge in [0.15, 0.2) is 0 Å². The number of methoxy groups -OCH3 is 1. The van der Waals surface area contributed by atoms with Crippen LogP contribution in [0.3, 0.4) is 0 Å². The van der Waals surface area contributed by atoms with Gasteiger partial charge in [0.1, 0.15) is 11.5 Å². The van der Waals surface area contributed by atoms with Crippen LogP contribution in [0.5, 0.6) is 11.5 Å². The highest BCUT2D eigenvalue weighted by molar-refractivity contribution is 7.12. The predicted octanol–water partition coefficient (Wildman–Crippen LogP) is 7.18. The van der Waals surface area contributed by atoms with E-state index in [0.717, 1.165) is 44.5 Å². The highest BCUT2D eigenvalue weighted by Gasteiger charge is 2.25. The largest absolute Gasteiger partial charge is 0.508 e. The Kier molecular flexibility index (Phi) is 8.73. The molecule has 4 nitrogen and oxygen atoms in total. The third-order valence-corrected chi connectivity index (χ3v) is 9.39. The molecule has 1 saturated heterocycles. The molecule has 1 aliphatic carbocycles. The highest BCUT2D eigenvalue weighted by Crippen LogP contribution is 2.40. The fourth-order valence-electron chi connectivity index (χ4n) is 6.10. The minimum Gasteiger partial charge on any atom is -0.508 e. The molecule has 5 heteroatoms. The molecule has 2 aliphatic rings. The van der Waals surface area contributed by atoms with E-state index in [1.165, 1.54) is 77.4 Å². The van der Waals surface area contributed by atoms with Crippen LogP contribution < -0.4 is 9.64 Å². The van der Waals surface area contributed by atoms with Crippen molar-refractivity contribution in [2.75, 3.05) is 38.2 Å². The molecule has 0 saturated carbocycles. The molecule has 5 rings (SSSR count). The lowest BCUT2D eigenvalue weighted by atomic mass is 9.79. The monoisotopic (exact) mass is 518 g/mol. The van der Waals surface area contributed by atoms with E-state index in [9.17, 15) is 5.11 Å². The Morgan fingerprint density at radius 3 is 2.57 bits per heavy atom. The first-order valence-corrected chi connectivity index (χ1v) is 15.0. The molecule has 2 heterocycles. The molecule has 1 atom stereocenters. The van der Waals surface area contributed by atoms with E-state index in [0.29, 0.717) is 11.7 Å². The van der Waals surface area contributed by atoms with Gasteiger partial charge >= 0.3 is 0 Å². The van der Waals surface area contributed by atoms with Gasteiger partial charge in [-0.1, -0.05) is 25.0 Å². The topological polar surface area (TPSA) is 35.9 Å². The van der Waals surface area contributed by atoms with Crippen LogP contribution in [0, 0.1) is 0 Å². The molecule has 1 fully saturated rings. The van der Waals surface area contributed by atoms with Crippen LogP contribution in [0.25, 0.3) is 0 Å². The first kappa shape index (κ1) is 26.1. The number of hydrogen-bond acceptors (Lipinski definition) is 5. The zero-order valence-corrected chi connectivity index (χ0v) is 23.4. The third kappa shape index (κ3) is 6.50. The van der Waals surface area contributed by atoms with Gasteiger partial charge in [-0.25, -0.2) is 0 Å². The molecule has 0 amide bonds. The number of phenols is 1. The number of hydrogen-bond donors (Lipinski definition) is 1. The summed E-state index contributed by atoms with van der Waals surface area (Å²) in [5.74, 6) is 1.77. The summed E-state index contributed by atoms with van der Waals surface area (Å²) in [6.45, 7) is 7.88. The number of ether oxygens (including phenoxy) is 1. The summed E-state index contributed by atoms with van der Waals surface area (Å²) < 4.78 is 5.66. The van der Waals surface area contributed by atoms with Gasteiger partial charge in [0.25, 0.3) is 0 Å². The number of nitrogens with zero attached hydrogens (tertiary/aromatic N) is 2. The standard InChI is InChI=1S/C32H42N2O2S/c1-3-34(23-30-14-13-29(37-30)16-19-33-17-6-4-5-7-18-33)32-22-28(36-2)12-15-31(32)26-9-8-25-21-27(35)11-10-24(25)20-26/h10-15,21-22,26,35H,3-9,16-20,23H2,1-2H3/t26-/m1/s1. The van der Waals surface area contributed by atoms with Crippen molar-refractivity contribution in [3.8, 4) is 11.5 Å². The van der Waals surface area contributed by atoms with E-state index in [1.54, 1.807) is 7.11 Å². The molecule has 1 N–H and O–H groups in total. The van der Waals surface area contributed by atoms with Crippen LogP contribution in [0.1, 0.15) is 71.4 Å². The molecule has 0 bridgehead atoms. The second-order valence-corrected chi connectivity index (χ2v) is 12.0. The Hall–Kier alpha value is -2.50. The molecule has 0 radical (unpaired) electrons. The maximum atomic E-state index is 9.91. The number of rotatable bonds is 9. The molecule has 1 aliphatic heterocycles. The molecule has 2 aromatic carbocycles. The van der Waals surface area contributed by atoms with Gasteiger partial charge in [0.2, 0.25) is 0 Å². The van der Waals surface area contributed by atoms with Crippen LogP contribution in [0.2, 0.25) is 0 Å². The summed E-state index contributed by atoms with van der Waals surface area (Å²) >= 11 is 1.99. The molecule has 198 valence electrons. The second kappa shape index (κ2) is 12.4. The first-order chi connectivity index (χ1) is 18.1. The average molecular weight is 519 g/mol. The Bertz CT molecular complexity index is 1170. The summed E-state index contributed by atoms with van der Waals surface area (Å²) in [7, 11) is 1.76. The molecule has 0 unspecified atom stereocenters. The van der Waals surface area contributed by atoms with E-state index in [4.69, 9.17) is 4.74 Å². The van der Waals surface area contributed by atoms with Crippen molar-refractivity contribution < 1.29 is 9.84 Å². The van der Waals surface area contributed by atoms with Crippen molar-refractivity contribution in [1.29, 1.82) is 0 Å². The van der Waals surface area contributed by atoms with E-state index >= 15 is 0 Å². The molecular formula is C32H42N2O2S. The number of phenolic OH excluding ortho intramolecular Hbond substituents is 1. The van der Waals surface area contributed by atoms with E-state index in [1.807, 2.05) is 23.5 Å². The van der Waals surface area contributed by atoms with Crippen molar-refractivity contribution in [1.82, 2.24) is 4.90 Å². The van der Waals surface area contributed by atoms with Crippen LogP contribution in [-0.2, 0) is 25.8 Å². The normalized spacial score (nSPS) is 18.3. The lowest BCUT2D eigenvalue weighted by molar-refractivity contribution is 0.289. The Morgan fingerprint density at radius 2 is 1.78 bits per heavy atom. The van der Waals surface area contributed by atoms with Gasteiger partial charge < -0.3 is 19.6 Å². The minimum atomic E-state index is 0.376. The third-order valence-electron chi connectivity index (χ3n) is 8.26. The van der Waals surface area contributed by atoms with Crippen LogP contribution >= 0.6 is 11.3 Å². The smallest absolute Gasteiger partial charge is 0.120 e. The van der Waals surface area contributed by atoms with Gasteiger partial charge in [0.05, 0.1) is 13.7 Å². The zero-order chi connectivity index (χ0) is 25.6. The molecular weight excluding hydrogens is 476 g/mol. The predicted molar refractivity (Wildman–Crippen MR) is 156 cm³/mol. The maximum absolute atomic E-state index is 9.91. The lowest BCUT2D eigenvalue weighted by Gasteiger charge is -2.31. The Morgan fingerprint density at radius 1 is 0.973 bits per heavy atom. The summed E-state index contributed by atoms with van der Waals surface area (Å²) in [4.78, 5) is 8.13. The summed E-state index contributed by atoms with van der Waals surface area (Å²) in [5, 5.41) is 9.91. The fraction of sp³-hybridized carbons (Fsp3) is 0.500. The Balaban J connectivity index is 1.31. The Labute approximate surface area is 226 Å². The summed E-state index contributed by atoms with van der Waals surface area (Å²) in [6, 6.07) is 17.2. The van der Waals surface area contributed by atoms with Crippen molar-refractivity contribution in [3.63, 3.8) is 0 Å². The van der Waals surface area contributed by atoms with Gasteiger partial charge in [-0.05, 0) is 111 Å². The van der Waals surface area contributed by atoms with E-state index in [-0.39, 0.29) is 0 Å². The minimum absolute atomic E-state index is 0.376. The van der Waals surface area contributed by atoms with Crippen molar-refractivity contribution >= 4 is 17.0 Å².